The number of rotatable bonds is 4. The number of carbonyl (C=O) groups excluding carboxylic acids is 2. The highest BCUT2D eigenvalue weighted by atomic mass is 16.5. The van der Waals surface area contributed by atoms with Crippen molar-refractivity contribution in [2.24, 2.45) is 0 Å². The van der Waals surface area contributed by atoms with Crippen LogP contribution in [0.3, 0.4) is 0 Å². The Morgan fingerprint density at radius 2 is 2.04 bits per heavy atom. The molecule has 1 unspecified atom stereocenters. The Labute approximate surface area is 150 Å². The Morgan fingerprint density at radius 1 is 1.23 bits per heavy atom. The first-order valence-electron chi connectivity index (χ1n) is 9.06. The molecule has 2 aromatic rings. The maximum absolute atomic E-state index is 12.4. The Bertz CT molecular complexity index is 862. The second kappa shape index (κ2) is 5.69. The van der Waals surface area contributed by atoms with Gasteiger partial charge in [0.25, 0.3) is 5.91 Å². The number of likely N-dealkylation sites (tertiary alicyclic amines) is 2. The largest absolute Gasteiger partial charge is 0.459 e. The molecule has 1 saturated carbocycles. The predicted octanol–water partition coefficient (Wildman–Crippen LogP) is 1.69. The summed E-state index contributed by atoms with van der Waals surface area (Å²) in [6, 6.07) is 1.83. The molecule has 26 heavy (non-hydrogen) atoms. The van der Waals surface area contributed by atoms with Crippen molar-refractivity contribution >= 4 is 11.8 Å². The van der Waals surface area contributed by atoms with Crippen LogP contribution in [-0.4, -0.2) is 57.4 Å². The lowest BCUT2D eigenvalue weighted by Gasteiger charge is -2.43. The number of aromatic nitrogens is 2. The average Bonchev–Trinajstić information content (AvgIpc) is 2.99. The van der Waals surface area contributed by atoms with E-state index in [0.717, 1.165) is 24.2 Å². The molecule has 3 fully saturated rings. The van der Waals surface area contributed by atoms with Gasteiger partial charge in [0.2, 0.25) is 11.8 Å². The number of hydrogen-bond acceptors (Lipinski definition) is 6. The van der Waals surface area contributed by atoms with Gasteiger partial charge >= 0.3 is 0 Å². The number of amides is 2. The number of hydrogen-bond donors (Lipinski definition) is 0. The van der Waals surface area contributed by atoms with Crippen molar-refractivity contribution < 1.29 is 18.5 Å². The van der Waals surface area contributed by atoms with E-state index in [4.69, 9.17) is 8.94 Å². The summed E-state index contributed by atoms with van der Waals surface area (Å²) in [4.78, 5) is 32.9. The van der Waals surface area contributed by atoms with Crippen LogP contribution in [0.4, 0.5) is 0 Å². The van der Waals surface area contributed by atoms with Crippen LogP contribution >= 0.6 is 0 Å². The third-order valence-electron chi connectivity index (χ3n) is 5.55. The van der Waals surface area contributed by atoms with Gasteiger partial charge < -0.3 is 18.7 Å². The number of nitrogens with zero attached hydrogens (tertiary/aromatic N) is 4. The molecule has 2 amide bonds. The van der Waals surface area contributed by atoms with Crippen LogP contribution in [0, 0.1) is 6.92 Å². The lowest BCUT2D eigenvalue weighted by atomic mass is 10.1. The second-order valence-corrected chi connectivity index (χ2v) is 7.51. The lowest BCUT2D eigenvalue weighted by molar-refractivity contribution is -0.132. The quantitative estimate of drug-likeness (QED) is 0.828. The molecule has 1 atom stereocenters. The molecule has 4 heterocycles. The van der Waals surface area contributed by atoms with Crippen LogP contribution in [0.1, 0.15) is 58.9 Å². The summed E-state index contributed by atoms with van der Waals surface area (Å²) >= 11 is 0. The van der Waals surface area contributed by atoms with Gasteiger partial charge in [-0.25, -0.2) is 0 Å². The van der Waals surface area contributed by atoms with Crippen LogP contribution < -0.4 is 0 Å². The first-order chi connectivity index (χ1) is 12.6. The molecule has 0 N–H and O–H groups in total. The monoisotopic (exact) mass is 356 g/mol. The number of furan rings is 1. The fourth-order valence-electron chi connectivity index (χ4n) is 3.72. The van der Waals surface area contributed by atoms with Crippen LogP contribution in [0.5, 0.6) is 0 Å². The van der Waals surface area contributed by atoms with E-state index in [-0.39, 0.29) is 23.8 Å². The molecule has 136 valence electrons. The molecule has 0 aromatic carbocycles. The Morgan fingerprint density at radius 3 is 2.73 bits per heavy atom. The normalized spacial score (nSPS) is 23.6. The Kier molecular flexibility index (Phi) is 3.41. The lowest BCUT2D eigenvalue weighted by Crippen LogP contribution is -2.61. The standard InChI is InChI=1S/C18H20N4O4/c1-10-4-5-25-15(10)18(24)21-8-13(9-21)22-7-12(6-14(22)23)17-19-16(20-26-17)11-2-3-11/h4-5,11-13H,2-3,6-9H2,1H3. The van der Waals surface area contributed by atoms with E-state index in [1.165, 1.54) is 6.26 Å². The van der Waals surface area contributed by atoms with Gasteiger partial charge in [-0.15, -0.1) is 0 Å². The minimum atomic E-state index is -0.113. The zero-order valence-corrected chi connectivity index (χ0v) is 14.6. The highest BCUT2D eigenvalue weighted by molar-refractivity contribution is 5.93. The van der Waals surface area contributed by atoms with Gasteiger partial charge in [-0.3, -0.25) is 9.59 Å². The summed E-state index contributed by atoms with van der Waals surface area (Å²) in [7, 11) is 0. The molecular weight excluding hydrogens is 336 g/mol. The molecular formula is C18H20N4O4. The van der Waals surface area contributed by atoms with E-state index in [0.29, 0.717) is 43.6 Å². The van der Waals surface area contributed by atoms with E-state index < -0.39 is 0 Å². The third-order valence-corrected chi connectivity index (χ3v) is 5.55. The highest BCUT2D eigenvalue weighted by Gasteiger charge is 2.44. The summed E-state index contributed by atoms with van der Waals surface area (Å²) < 4.78 is 10.6. The van der Waals surface area contributed by atoms with Crippen LogP contribution in [0.25, 0.3) is 0 Å². The number of carbonyl (C=O) groups is 2. The minimum Gasteiger partial charge on any atom is -0.459 e. The van der Waals surface area contributed by atoms with Crippen molar-refractivity contribution in [3.8, 4) is 0 Å². The van der Waals surface area contributed by atoms with Gasteiger partial charge in [0, 0.05) is 37.5 Å². The first kappa shape index (κ1) is 15.6. The minimum absolute atomic E-state index is 0.0421. The predicted molar refractivity (Wildman–Crippen MR) is 88.5 cm³/mol. The summed E-state index contributed by atoms with van der Waals surface area (Å²) in [6.07, 6.45) is 4.16. The molecule has 1 aliphatic carbocycles. The fourth-order valence-corrected chi connectivity index (χ4v) is 3.72. The summed E-state index contributed by atoms with van der Waals surface area (Å²) in [5.74, 6) is 2.11. The molecule has 8 heteroatoms. The van der Waals surface area contributed by atoms with Crippen LogP contribution in [0.2, 0.25) is 0 Å². The molecule has 8 nitrogen and oxygen atoms in total. The Hall–Kier alpha value is -2.64. The van der Waals surface area contributed by atoms with Gasteiger partial charge in [-0.1, -0.05) is 5.16 Å². The summed E-state index contributed by atoms with van der Waals surface area (Å²) in [6.45, 7) is 3.50. The van der Waals surface area contributed by atoms with Gasteiger partial charge in [-0.05, 0) is 25.8 Å². The molecule has 3 aliphatic rings. The second-order valence-electron chi connectivity index (χ2n) is 7.51. The first-order valence-corrected chi connectivity index (χ1v) is 9.06. The summed E-state index contributed by atoms with van der Waals surface area (Å²) in [5.41, 5.74) is 0.832. The van der Waals surface area contributed by atoms with Crippen LogP contribution in [0.15, 0.2) is 21.3 Å². The fraction of sp³-hybridized carbons (Fsp3) is 0.556. The highest BCUT2D eigenvalue weighted by Crippen LogP contribution is 2.39. The van der Waals surface area contributed by atoms with Crippen molar-refractivity contribution in [3.63, 3.8) is 0 Å². The smallest absolute Gasteiger partial charge is 0.289 e. The third kappa shape index (κ3) is 2.51. The van der Waals surface area contributed by atoms with E-state index in [9.17, 15) is 9.59 Å². The van der Waals surface area contributed by atoms with Gasteiger partial charge in [0.05, 0.1) is 18.2 Å². The van der Waals surface area contributed by atoms with Gasteiger partial charge in [0.1, 0.15) is 0 Å². The van der Waals surface area contributed by atoms with Crippen molar-refractivity contribution in [3.05, 3.63) is 35.4 Å². The van der Waals surface area contributed by atoms with E-state index in [1.807, 2.05) is 11.8 Å². The molecule has 2 saturated heterocycles. The van der Waals surface area contributed by atoms with E-state index >= 15 is 0 Å². The zero-order valence-electron chi connectivity index (χ0n) is 14.6. The van der Waals surface area contributed by atoms with Gasteiger partial charge in [-0.2, -0.15) is 4.98 Å². The molecule has 0 spiro atoms. The number of aryl methyl sites for hydroxylation is 1. The van der Waals surface area contributed by atoms with E-state index in [1.54, 1.807) is 11.0 Å². The van der Waals surface area contributed by atoms with Crippen molar-refractivity contribution in [2.75, 3.05) is 19.6 Å². The van der Waals surface area contributed by atoms with Gasteiger partial charge in [0.15, 0.2) is 11.6 Å². The molecule has 5 rings (SSSR count). The Balaban J connectivity index is 1.21. The SMILES string of the molecule is Cc1ccoc1C(=O)N1CC(N2CC(c3nc(C4CC4)no3)CC2=O)C1. The maximum Gasteiger partial charge on any atom is 0.289 e. The topological polar surface area (TPSA) is 92.7 Å². The zero-order chi connectivity index (χ0) is 17.8. The molecule has 2 aliphatic heterocycles. The average molecular weight is 356 g/mol. The molecule has 0 radical (unpaired) electrons. The van der Waals surface area contributed by atoms with Crippen molar-refractivity contribution in [1.29, 1.82) is 0 Å². The molecule has 2 aromatic heterocycles. The van der Waals surface area contributed by atoms with Crippen molar-refractivity contribution in [1.82, 2.24) is 19.9 Å². The van der Waals surface area contributed by atoms with E-state index in [2.05, 4.69) is 10.1 Å². The van der Waals surface area contributed by atoms with Crippen molar-refractivity contribution in [2.45, 2.75) is 44.1 Å². The maximum atomic E-state index is 12.4. The summed E-state index contributed by atoms with van der Waals surface area (Å²) in [5, 5.41) is 4.04. The van der Waals surface area contributed by atoms with Crippen LogP contribution in [-0.2, 0) is 4.79 Å². The molecule has 0 bridgehead atoms.